The van der Waals surface area contributed by atoms with Crippen molar-refractivity contribution in [2.24, 2.45) is 5.90 Å². The highest BCUT2D eigenvalue weighted by Crippen LogP contribution is 2.30. The number of rotatable bonds is 2. The molecule has 1 aromatic carbocycles. The molecule has 0 radical (unpaired) electrons. The van der Waals surface area contributed by atoms with Gasteiger partial charge in [-0.3, -0.25) is 4.84 Å². The molecule has 3 nitrogen and oxygen atoms in total. The molecule has 0 aromatic heterocycles. The fourth-order valence-electron chi connectivity index (χ4n) is 0.949. The Balaban J connectivity index is 3.10. The second-order valence-electron chi connectivity index (χ2n) is 3.29. The number of nitrogens with two attached hydrogens (primary N) is 1. The van der Waals surface area contributed by atoms with Crippen molar-refractivity contribution >= 4 is 15.9 Å². The SMILES string of the molecule is CC(C)(ON)c1ccc(O)c(Br)c1. The Labute approximate surface area is 85.6 Å². The molecule has 0 unspecified atom stereocenters. The molecule has 0 atom stereocenters. The van der Waals surface area contributed by atoms with E-state index in [-0.39, 0.29) is 5.75 Å². The minimum absolute atomic E-state index is 0.205. The van der Waals surface area contributed by atoms with E-state index in [4.69, 9.17) is 10.7 Å². The summed E-state index contributed by atoms with van der Waals surface area (Å²) in [5, 5.41) is 9.26. The van der Waals surface area contributed by atoms with E-state index in [0.717, 1.165) is 5.56 Å². The van der Waals surface area contributed by atoms with Gasteiger partial charge in [-0.2, -0.15) is 0 Å². The number of hydrogen-bond acceptors (Lipinski definition) is 3. The second kappa shape index (κ2) is 3.65. The van der Waals surface area contributed by atoms with Gasteiger partial charge in [0.05, 0.1) is 4.47 Å². The molecule has 0 aliphatic heterocycles. The van der Waals surface area contributed by atoms with Crippen LogP contribution in [0.3, 0.4) is 0 Å². The highest BCUT2D eigenvalue weighted by atomic mass is 79.9. The number of phenolic OH excluding ortho intramolecular Hbond substituents is 1. The summed E-state index contributed by atoms with van der Waals surface area (Å²) < 4.78 is 0.634. The molecule has 0 heterocycles. The number of phenols is 1. The van der Waals surface area contributed by atoms with Gasteiger partial charge < -0.3 is 5.11 Å². The number of benzene rings is 1. The van der Waals surface area contributed by atoms with Crippen LogP contribution in [0.2, 0.25) is 0 Å². The zero-order valence-corrected chi connectivity index (χ0v) is 9.13. The second-order valence-corrected chi connectivity index (χ2v) is 4.15. The molecule has 0 spiro atoms. The molecule has 72 valence electrons. The standard InChI is InChI=1S/C9H12BrNO2/c1-9(2,13-11)6-3-4-8(12)7(10)5-6/h3-5,12H,11H2,1-2H3. The number of aromatic hydroxyl groups is 1. The summed E-state index contributed by atoms with van der Waals surface area (Å²) in [4.78, 5) is 4.82. The van der Waals surface area contributed by atoms with E-state index in [0.29, 0.717) is 4.47 Å². The summed E-state index contributed by atoms with van der Waals surface area (Å²) in [7, 11) is 0. The first kappa shape index (κ1) is 10.5. The van der Waals surface area contributed by atoms with Crippen molar-refractivity contribution in [1.82, 2.24) is 0 Å². The minimum Gasteiger partial charge on any atom is -0.507 e. The fourth-order valence-corrected chi connectivity index (χ4v) is 1.33. The van der Waals surface area contributed by atoms with Gasteiger partial charge in [0.25, 0.3) is 0 Å². The van der Waals surface area contributed by atoms with Crippen molar-refractivity contribution in [2.45, 2.75) is 19.4 Å². The Hall–Kier alpha value is -0.580. The topological polar surface area (TPSA) is 55.5 Å². The summed E-state index contributed by atoms with van der Waals surface area (Å²) in [6, 6.07) is 5.15. The predicted octanol–water partition coefficient (Wildman–Crippen LogP) is 2.28. The highest BCUT2D eigenvalue weighted by Gasteiger charge is 2.20. The van der Waals surface area contributed by atoms with Crippen LogP contribution in [0.5, 0.6) is 5.75 Å². The molecule has 1 rings (SSSR count). The molecule has 0 fully saturated rings. The largest absolute Gasteiger partial charge is 0.507 e. The van der Waals surface area contributed by atoms with E-state index in [1.54, 1.807) is 18.2 Å². The lowest BCUT2D eigenvalue weighted by atomic mass is 9.98. The highest BCUT2D eigenvalue weighted by molar-refractivity contribution is 9.10. The summed E-state index contributed by atoms with van der Waals surface area (Å²) >= 11 is 3.22. The lowest BCUT2D eigenvalue weighted by Gasteiger charge is -2.22. The lowest BCUT2D eigenvalue weighted by molar-refractivity contribution is -0.0236. The molecule has 0 aliphatic rings. The van der Waals surface area contributed by atoms with Crippen LogP contribution in [-0.4, -0.2) is 5.11 Å². The molecular weight excluding hydrogens is 234 g/mol. The first-order valence-corrected chi connectivity index (χ1v) is 4.63. The van der Waals surface area contributed by atoms with E-state index < -0.39 is 5.60 Å². The Bertz CT molecular complexity index is 312. The average Bonchev–Trinajstić information content (AvgIpc) is 2.09. The van der Waals surface area contributed by atoms with Gasteiger partial charge in [0.2, 0.25) is 0 Å². The maximum Gasteiger partial charge on any atom is 0.129 e. The Morgan fingerprint density at radius 2 is 2.08 bits per heavy atom. The van der Waals surface area contributed by atoms with Crippen LogP contribution in [0.1, 0.15) is 19.4 Å². The molecule has 0 aliphatic carbocycles. The van der Waals surface area contributed by atoms with Crippen molar-refractivity contribution < 1.29 is 9.94 Å². The zero-order valence-electron chi connectivity index (χ0n) is 7.54. The van der Waals surface area contributed by atoms with Crippen LogP contribution in [-0.2, 0) is 10.4 Å². The van der Waals surface area contributed by atoms with E-state index in [9.17, 15) is 5.11 Å². The van der Waals surface area contributed by atoms with Crippen molar-refractivity contribution in [3.05, 3.63) is 28.2 Å². The van der Waals surface area contributed by atoms with Crippen LogP contribution in [0.15, 0.2) is 22.7 Å². The Morgan fingerprint density at radius 1 is 1.46 bits per heavy atom. The summed E-state index contributed by atoms with van der Waals surface area (Å²) in [5.74, 6) is 5.35. The van der Waals surface area contributed by atoms with Crippen LogP contribution in [0.25, 0.3) is 0 Å². The van der Waals surface area contributed by atoms with E-state index in [2.05, 4.69) is 15.9 Å². The first-order chi connectivity index (χ1) is 5.97. The van der Waals surface area contributed by atoms with Crippen molar-refractivity contribution in [3.63, 3.8) is 0 Å². The molecule has 0 saturated carbocycles. The van der Waals surface area contributed by atoms with Gasteiger partial charge in [-0.05, 0) is 47.5 Å². The van der Waals surface area contributed by atoms with Gasteiger partial charge in [-0.25, -0.2) is 5.90 Å². The molecule has 4 heteroatoms. The maximum absolute atomic E-state index is 9.26. The number of halogens is 1. The van der Waals surface area contributed by atoms with Crippen LogP contribution in [0.4, 0.5) is 0 Å². The molecule has 13 heavy (non-hydrogen) atoms. The van der Waals surface area contributed by atoms with E-state index in [1.165, 1.54) is 0 Å². The molecule has 0 bridgehead atoms. The van der Waals surface area contributed by atoms with Crippen LogP contribution >= 0.6 is 15.9 Å². The lowest BCUT2D eigenvalue weighted by Crippen LogP contribution is -2.25. The third kappa shape index (κ3) is 2.21. The molecule has 3 N–H and O–H groups in total. The zero-order chi connectivity index (χ0) is 10.1. The molecular formula is C9H12BrNO2. The predicted molar refractivity (Wildman–Crippen MR) is 54.1 cm³/mol. The Kier molecular flexibility index (Phi) is 2.95. The smallest absolute Gasteiger partial charge is 0.129 e. The van der Waals surface area contributed by atoms with Crippen molar-refractivity contribution in [2.75, 3.05) is 0 Å². The molecule has 0 saturated heterocycles. The van der Waals surface area contributed by atoms with Crippen molar-refractivity contribution in [3.8, 4) is 5.75 Å². The maximum atomic E-state index is 9.26. The van der Waals surface area contributed by atoms with Gasteiger partial charge in [0, 0.05) is 0 Å². The first-order valence-electron chi connectivity index (χ1n) is 3.84. The van der Waals surface area contributed by atoms with E-state index >= 15 is 0 Å². The third-order valence-corrected chi connectivity index (χ3v) is 2.57. The summed E-state index contributed by atoms with van der Waals surface area (Å²) in [6.45, 7) is 3.71. The van der Waals surface area contributed by atoms with Crippen molar-refractivity contribution in [1.29, 1.82) is 0 Å². The van der Waals surface area contributed by atoms with Gasteiger partial charge in [-0.1, -0.05) is 6.07 Å². The average molecular weight is 246 g/mol. The monoisotopic (exact) mass is 245 g/mol. The molecule has 0 amide bonds. The summed E-state index contributed by atoms with van der Waals surface area (Å²) in [5.41, 5.74) is 0.357. The Morgan fingerprint density at radius 3 is 2.54 bits per heavy atom. The minimum atomic E-state index is -0.545. The molecule has 1 aromatic rings. The third-order valence-electron chi connectivity index (χ3n) is 1.94. The van der Waals surface area contributed by atoms with Gasteiger partial charge in [0.1, 0.15) is 11.4 Å². The van der Waals surface area contributed by atoms with E-state index in [1.807, 2.05) is 13.8 Å². The van der Waals surface area contributed by atoms with Crippen LogP contribution < -0.4 is 5.90 Å². The van der Waals surface area contributed by atoms with Gasteiger partial charge in [0.15, 0.2) is 0 Å². The quantitative estimate of drug-likeness (QED) is 0.787. The van der Waals surface area contributed by atoms with Gasteiger partial charge in [-0.15, -0.1) is 0 Å². The summed E-state index contributed by atoms with van der Waals surface area (Å²) in [6.07, 6.45) is 0. The normalized spacial score (nSPS) is 11.7. The number of hydrogen-bond donors (Lipinski definition) is 2. The van der Waals surface area contributed by atoms with Gasteiger partial charge >= 0.3 is 0 Å². The van der Waals surface area contributed by atoms with Crippen LogP contribution in [0, 0.1) is 0 Å². The fraction of sp³-hybridized carbons (Fsp3) is 0.333.